The average Bonchev–Trinajstić information content (AvgIpc) is 2.61. The van der Waals surface area contributed by atoms with Crippen LogP contribution in [0.25, 0.3) is 0 Å². The van der Waals surface area contributed by atoms with Gasteiger partial charge in [-0.05, 0) is 29.8 Å². The number of carbonyl (C=O) groups excluding carboxylic acids is 1. The molecule has 2 aromatic carbocycles. The minimum atomic E-state index is -0.662. The summed E-state index contributed by atoms with van der Waals surface area (Å²) in [7, 11) is 3.03. The fraction of sp³-hybridized carbons (Fsp3) is 0.125. The highest BCUT2D eigenvalue weighted by Gasteiger charge is 2.15. The molecule has 0 aliphatic rings. The number of carbonyl (C=O) groups is 1. The smallest absolute Gasteiger partial charge is 0.273 e. The number of nitro groups is 1. The largest absolute Gasteiger partial charge is 0.493 e. The SMILES string of the molecule is COc1ccc(/C=N/NC(=O)c2cc([N+](=O)[O-])ccc2Cl)cc1OC. The lowest BCUT2D eigenvalue weighted by Gasteiger charge is -2.07. The van der Waals surface area contributed by atoms with Crippen molar-refractivity contribution in [3.8, 4) is 11.5 Å². The molecule has 25 heavy (non-hydrogen) atoms. The number of ether oxygens (including phenoxy) is 2. The van der Waals surface area contributed by atoms with Crippen LogP contribution in [0.3, 0.4) is 0 Å². The first-order valence-electron chi connectivity index (χ1n) is 6.95. The fourth-order valence-corrected chi connectivity index (χ4v) is 2.16. The Kier molecular flexibility index (Phi) is 5.91. The molecule has 1 N–H and O–H groups in total. The lowest BCUT2D eigenvalue weighted by atomic mass is 10.2. The maximum atomic E-state index is 12.1. The molecule has 0 aliphatic carbocycles. The van der Waals surface area contributed by atoms with E-state index in [1.54, 1.807) is 18.2 Å². The van der Waals surface area contributed by atoms with Gasteiger partial charge >= 0.3 is 0 Å². The molecule has 0 fully saturated rings. The van der Waals surface area contributed by atoms with E-state index in [-0.39, 0.29) is 16.3 Å². The quantitative estimate of drug-likeness (QED) is 0.482. The second kappa shape index (κ2) is 8.11. The topological polar surface area (TPSA) is 103 Å². The molecule has 0 spiro atoms. The highest BCUT2D eigenvalue weighted by atomic mass is 35.5. The van der Waals surface area contributed by atoms with Crippen molar-refractivity contribution >= 4 is 29.4 Å². The van der Waals surface area contributed by atoms with Crippen molar-refractivity contribution in [2.45, 2.75) is 0 Å². The molecular formula is C16H14ClN3O5. The molecule has 130 valence electrons. The Hall–Kier alpha value is -3.13. The third-order valence-electron chi connectivity index (χ3n) is 3.19. The van der Waals surface area contributed by atoms with Gasteiger partial charge in [0.05, 0.1) is 35.9 Å². The van der Waals surface area contributed by atoms with Crippen molar-refractivity contribution in [3.05, 3.63) is 62.7 Å². The van der Waals surface area contributed by atoms with Gasteiger partial charge in [0.1, 0.15) is 0 Å². The molecule has 9 heteroatoms. The number of halogens is 1. The second-order valence-corrected chi connectivity index (χ2v) is 5.14. The second-order valence-electron chi connectivity index (χ2n) is 4.73. The van der Waals surface area contributed by atoms with Crippen LogP contribution in [0, 0.1) is 10.1 Å². The van der Waals surface area contributed by atoms with E-state index in [1.165, 1.54) is 32.6 Å². The number of methoxy groups -OCH3 is 2. The zero-order chi connectivity index (χ0) is 18.4. The number of hydrogen-bond acceptors (Lipinski definition) is 6. The first kappa shape index (κ1) is 18.2. The number of hydrogen-bond donors (Lipinski definition) is 1. The molecule has 0 unspecified atom stereocenters. The minimum absolute atomic E-state index is 0.0414. The maximum absolute atomic E-state index is 12.1. The molecule has 0 saturated carbocycles. The monoisotopic (exact) mass is 363 g/mol. The summed E-state index contributed by atoms with van der Waals surface area (Å²) in [6, 6.07) is 8.67. The number of nitrogens with one attached hydrogen (secondary N) is 1. The van der Waals surface area contributed by atoms with Gasteiger partial charge in [-0.2, -0.15) is 5.10 Å². The first-order valence-corrected chi connectivity index (χ1v) is 7.33. The summed E-state index contributed by atoms with van der Waals surface area (Å²) in [4.78, 5) is 22.2. The minimum Gasteiger partial charge on any atom is -0.493 e. The molecule has 0 atom stereocenters. The highest BCUT2D eigenvalue weighted by Crippen LogP contribution is 2.27. The normalized spacial score (nSPS) is 10.5. The highest BCUT2D eigenvalue weighted by molar-refractivity contribution is 6.33. The van der Waals surface area contributed by atoms with Gasteiger partial charge in [0, 0.05) is 12.1 Å². The van der Waals surface area contributed by atoms with Gasteiger partial charge in [0.2, 0.25) is 0 Å². The van der Waals surface area contributed by atoms with Crippen LogP contribution in [0.2, 0.25) is 5.02 Å². The summed E-state index contributed by atoms with van der Waals surface area (Å²) in [5.74, 6) is 0.414. The van der Waals surface area contributed by atoms with Gasteiger partial charge in [-0.15, -0.1) is 0 Å². The van der Waals surface area contributed by atoms with Gasteiger partial charge in [0.15, 0.2) is 11.5 Å². The van der Waals surface area contributed by atoms with E-state index >= 15 is 0 Å². The zero-order valence-electron chi connectivity index (χ0n) is 13.4. The standard InChI is InChI=1S/C16H14ClN3O5/c1-24-14-6-3-10(7-15(14)25-2)9-18-19-16(21)12-8-11(20(22)23)4-5-13(12)17/h3-9H,1-2H3,(H,19,21)/b18-9+. The van der Waals surface area contributed by atoms with E-state index in [4.69, 9.17) is 21.1 Å². The number of hydrazone groups is 1. The lowest BCUT2D eigenvalue weighted by Crippen LogP contribution is -2.18. The fourth-order valence-electron chi connectivity index (χ4n) is 1.96. The van der Waals surface area contributed by atoms with E-state index in [9.17, 15) is 14.9 Å². The van der Waals surface area contributed by atoms with Crippen LogP contribution in [0.1, 0.15) is 15.9 Å². The van der Waals surface area contributed by atoms with Crippen molar-refractivity contribution < 1.29 is 19.2 Å². The van der Waals surface area contributed by atoms with Crippen LogP contribution in [0.4, 0.5) is 5.69 Å². The van der Waals surface area contributed by atoms with E-state index in [1.807, 2.05) is 0 Å². The molecule has 2 aromatic rings. The van der Waals surface area contributed by atoms with E-state index < -0.39 is 10.8 Å². The van der Waals surface area contributed by atoms with Gasteiger partial charge in [-0.3, -0.25) is 14.9 Å². The summed E-state index contributed by atoms with van der Waals surface area (Å²) in [6.07, 6.45) is 1.39. The predicted molar refractivity (Wildman–Crippen MR) is 92.7 cm³/mol. The molecule has 0 aliphatic heterocycles. The summed E-state index contributed by atoms with van der Waals surface area (Å²) < 4.78 is 10.3. The van der Waals surface area contributed by atoms with Gasteiger partial charge in [0.25, 0.3) is 11.6 Å². The Bertz CT molecular complexity index is 839. The van der Waals surface area contributed by atoms with Crippen molar-refractivity contribution in [2.75, 3.05) is 14.2 Å². The van der Waals surface area contributed by atoms with E-state index in [0.29, 0.717) is 17.1 Å². The van der Waals surface area contributed by atoms with Gasteiger partial charge in [-0.1, -0.05) is 11.6 Å². The number of nitrogens with zero attached hydrogens (tertiary/aromatic N) is 2. The molecule has 0 bridgehead atoms. The van der Waals surface area contributed by atoms with Crippen LogP contribution < -0.4 is 14.9 Å². The number of nitro benzene ring substituents is 1. The molecule has 2 rings (SSSR count). The Balaban J connectivity index is 2.13. The van der Waals surface area contributed by atoms with Crippen LogP contribution in [-0.2, 0) is 0 Å². The van der Waals surface area contributed by atoms with E-state index in [0.717, 1.165) is 6.07 Å². The number of benzene rings is 2. The summed E-state index contributed by atoms with van der Waals surface area (Å²) in [5, 5.41) is 14.7. The van der Waals surface area contributed by atoms with Crippen LogP contribution in [0.5, 0.6) is 11.5 Å². The number of amides is 1. The third kappa shape index (κ3) is 4.45. The van der Waals surface area contributed by atoms with Gasteiger partial charge in [-0.25, -0.2) is 5.43 Å². The lowest BCUT2D eigenvalue weighted by molar-refractivity contribution is -0.384. The van der Waals surface area contributed by atoms with Crippen molar-refractivity contribution in [3.63, 3.8) is 0 Å². The summed E-state index contributed by atoms with van der Waals surface area (Å²) in [5.41, 5.74) is 2.65. The first-order chi connectivity index (χ1) is 12.0. The Morgan fingerprint density at radius 3 is 2.56 bits per heavy atom. The molecule has 8 nitrogen and oxygen atoms in total. The van der Waals surface area contributed by atoms with Crippen LogP contribution in [0.15, 0.2) is 41.5 Å². The maximum Gasteiger partial charge on any atom is 0.273 e. The Labute approximate surface area is 148 Å². The molecule has 0 aromatic heterocycles. The average molecular weight is 364 g/mol. The van der Waals surface area contributed by atoms with Crippen molar-refractivity contribution in [2.24, 2.45) is 5.10 Å². The molecular weight excluding hydrogens is 350 g/mol. The van der Waals surface area contributed by atoms with E-state index in [2.05, 4.69) is 10.5 Å². The molecule has 0 saturated heterocycles. The Morgan fingerprint density at radius 1 is 1.20 bits per heavy atom. The molecule has 0 radical (unpaired) electrons. The van der Waals surface area contributed by atoms with Crippen LogP contribution in [-0.4, -0.2) is 31.3 Å². The zero-order valence-corrected chi connectivity index (χ0v) is 14.1. The predicted octanol–water partition coefficient (Wildman–Crippen LogP) is 3.03. The van der Waals surface area contributed by atoms with Crippen molar-refractivity contribution in [1.82, 2.24) is 5.43 Å². The molecule has 0 heterocycles. The molecule has 1 amide bonds. The number of non-ortho nitro benzene ring substituents is 1. The van der Waals surface area contributed by atoms with Gasteiger partial charge < -0.3 is 9.47 Å². The summed E-state index contributed by atoms with van der Waals surface area (Å²) in [6.45, 7) is 0. The third-order valence-corrected chi connectivity index (χ3v) is 3.52. The van der Waals surface area contributed by atoms with Crippen molar-refractivity contribution in [1.29, 1.82) is 0 Å². The number of rotatable bonds is 6. The Morgan fingerprint density at radius 2 is 1.92 bits per heavy atom. The van der Waals surface area contributed by atoms with Crippen LogP contribution >= 0.6 is 11.6 Å². The summed E-state index contributed by atoms with van der Waals surface area (Å²) >= 11 is 5.90.